The smallest absolute Gasteiger partial charge is 0.0558 e. The van der Waals surface area contributed by atoms with Gasteiger partial charge in [-0.05, 0) is 25.9 Å². The number of likely N-dealkylation sites (N-methyl/N-ethyl adjacent to an activating group) is 1. The van der Waals surface area contributed by atoms with Crippen LogP contribution >= 0.6 is 0 Å². The summed E-state index contributed by atoms with van der Waals surface area (Å²) in [7, 11) is 0. The Hall–Kier alpha value is -0.160. The van der Waals surface area contributed by atoms with Crippen LogP contribution in [0.4, 0.5) is 0 Å². The molecular formula is C13H27N3O. The van der Waals surface area contributed by atoms with E-state index < -0.39 is 0 Å². The molecule has 2 aliphatic rings. The molecule has 0 aromatic rings. The molecule has 1 unspecified atom stereocenters. The van der Waals surface area contributed by atoms with E-state index in [0.29, 0.717) is 6.61 Å². The van der Waals surface area contributed by atoms with E-state index in [1.165, 1.54) is 52.1 Å². The van der Waals surface area contributed by atoms with Gasteiger partial charge in [0, 0.05) is 45.3 Å². The molecule has 0 saturated carbocycles. The fourth-order valence-corrected chi connectivity index (χ4v) is 3.12. The Balaban J connectivity index is 1.77. The summed E-state index contributed by atoms with van der Waals surface area (Å²) in [6.45, 7) is 11.8. The normalized spacial score (nSPS) is 29.6. The van der Waals surface area contributed by atoms with Gasteiger partial charge in [0.2, 0.25) is 0 Å². The minimum atomic E-state index is 0.302. The molecule has 1 atom stereocenters. The Kier molecular flexibility index (Phi) is 5.22. The third-order valence-corrected chi connectivity index (χ3v) is 4.27. The number of nitrogens with zero attached hydrogens (tertiary/aromatic N) is 3. The van der Waals surface area contributed by atoms with Crippen molar-refractivity contribution in [2.45, 2.75) is 25.8 Å². The van der Waals surface area contributed by atoms with Crippen LogP contribution in [0.3, 0.4) is 0 Å². The maximum Gasteiger partial charge on any atom is 0.0558 e. The monoisotopic (exact) mass is 241 g/mol. The third kappa shape index (κ3) is 3.65. The number of piperidine rings is 1. The van der Waals surface area contributed by atoms with Crippen molar-refractivity contribution in [3.63, 3.8) is 0 Å². The maximum atomic E-state index is 9.02. The molecule has 2 heterocycles. The average Bonchev–Trinajstić information content (AvgIpc) is 2.40. The highest BCUT2D eigenvalue weighted by molar-refractivity contribution is 4.83. The number of piperazine rings is 1. The van der Waals surface area contributed by atoms with Crippen LogP contribution < -0.4 is 0 Å². The summed E-state index contributed by atoms with van der Waals surface area (Å²) in [5.41, 5.74) is 0. The highest BCUT2D eigenvalue weighted by atomic mass is 16.3. The second-order valence-corrected chi connectivity index (χ2v) is 5.29. The predicted octanol–water partition coefficient (Wildman–Crippen LogP) is 0.0806. The zero-order valence-corrected chi connectivity index (χ0v) is 11.1. The maximum absolute atomic E-state index is 9.02. The first-order valence-electron chi connectivity index (χ1n) is 7.13. The average molecular weight is 241 g/mol. The van der Waals surface area contributed by atoms with Crippen LogP contribution in [0.5, 0.6) is 0 Å². The molecule has 4 heteroatoms. The van der Waals surface area contributed by atoms with E-state index in [1.807, 2.05) is 0 Å². The lowest BCUT2D eigenvalue weighted by atomic mass is 10.0. The number of hydrogen-bond donors (Lipinski definition) is 1. The van der Waals surface area contributed by atoms with E-state index in [1.54, 1.807) is 0 Å². The van der Waals surface area contributed by atoms with E-state index in [-0.39, 0.29) is 0 Å². The quantitative estimate of drug-likeness (QED) is 0.755. The molecule has 4 nitrogen and oxygen atoms in total. The molecule has 0 amide bonds. The number of likely N-dealkylation sites (tertiary alicyclic amines) is 1. The van der Waals surface area contributed by atoms with Crippen LogP contribution in [-0.4, -0.2) is 84.8 Å². The molecule has 0 radical (unpaired) electrons. The standard InChI is InChI=1S/C13H27N3O/c1-2-14-6-8-16(9-7-14)13-4-3-5-15(12-13)10-11-17/h13,17H,2-12H2,1H3. The second kappa shape index (κ2) is 6.69. The molecular weight excluding hydrogens is 214 g/mol. The third-order valence-electron chi connectivity index (χ3n) is 4.27. The Labute approximate surface area is 105 Å². The van der Waals surface area contributed by atoms with Crippen molar-refractivity contribution in [1.82, 2.24) is 14.7 Å². The van der Waals surface area contributed by atoms with Gasteiger partial charge in [0.1, 0.15) is 0 Å². The van der Waals surface area contributed by atoms with Crippen LogP contribution in [0.2, 0.25) is 0 Å². The Morgan fingerprint density at radius 2 is 1.82 bits per heavy atom. The minimum absolute atomic E-state index is 0.302. The van der Waals surface area contributed by atoms with Crippen LogP contribution in [0.25, 0.3) is 0 Å². The minimum Gasteiger partial charge on any atom is -0.395 e. The number of aliphatic hydroxyl groups is 1. The number of β-amino-alcohol motifs (C(OH)–C–C–N with tert-alkyl or cyclic N) is 1. The van der Waals surface area contributed by atoms with E-state index in [0.717, 1.165) is 19.1 Å². The molecule has 0 aliphatic carbocycles. The lowest BCUT2D eigenvalue weighted by Gasteiger charge is -2.43. The Morgan fingerprint density at radius 1 is 1.06 bits per heavy atom. The lowest BCUT2D eigenvalue weighted by Crippen LogP contribution is -2.55. The van der Waals surface area contributed by atoms with Gasteiger partial charge >= 0.3 is 0 Å². The van der Waals surface area contributed by atoms with Gasteiger partial charge in [0.05, 0.1) is 6.61 Å². The van der Waals surface area contributed by atoms with Crippen molar-refractivity contribution < 1.29 is 5.11 Å². The highest BCUT2D eigenvalue weighted by Gasteiger charge is 2.27. The van der Waals surface area contributed by atoms with Crippen molar-refractivity contribution in [3.05, 3.63) is 0 Å². The summed E-state index contributed by atoms with van der Waals surface area (Å²) in [6, 6.07) is 0.731. The first kappa shape index (κ1) is 13.3. The molecule has 0 bridgehead atoms. The highest BCUT2D eigenvalue weighted by Crippen LogP contribution is 2.17. The summed E-state index contributed by atoms with van der Waals surface area (Å²) in [6.07, 6.45) is 2.63. The Bertz CT molecular complexity index is 215. The Morgan fingerprint density at radius 3 is 2.47 bits per heavy atom. The number of hydrogen-bond acceptors (Lipinski definition) is 4. The lowest BCUT2D eigenvalue weighted by molar-refractivity contribution is 0.0487. The molecule has 100 valence electrons. The van der Waals surface area contributed by atoms with Gasteiger partial charge in [-0.1, -0.05) is 6.92 Å². The van der Waals surface area contributed by atoms with E-state index >= 15 is 0 Å². The second-order valence-electron chi connectivity index (χ2n) is 5.29. The van der Waals surface area contributed by atoms with Gasteiger partial charge in [-0.2, -0.15) is 0 Å². The van der Waals surface area contributed by atoms with E-state index in [4.69, 9.17) is 5.11 Å². The molecule has 17 heavy (non-hydrogen) atoms. The van der Waals surface area contributed by atoms with Gasteiger partial charge in [0.25, 0.3) is 0 Å². The summed E-state index contributed by atoms with van der Waals surface area (Å²) in [5, 5.41) is 9.02. The summed E-state index contributed by atoms with van der Waals surface area (Å²) in [4.78, 5) is 7.61. The molecule has 0 spiro atoms. The first-order valence-corrected chi connectivity index (χ1v) is 7.13. The van der Waals surface area contributed by atoms with Gasteiger partial charge < -0.3 is 10.0 Å². The molecule has 0 aromatic carbocycles. The predicted molar refractivity (Wildman–Crippen MR) is 70.2 cm³/mol. The summed E-state index contributed by atoms with van der Waals surface area (Å²) >= 11 is 0. The SMILES string of the molecule is CCN1CCN(C2CCCN(CCO)C2)CC1. The van der Waals surface area contributed by atoms with E-state index in [9.17, 15) is 0 Å². The molecule has 1 N–H and O–H groups in total. The summed E-state index contributed by atoms with van der Waals surface area (Å²) in [5.74, 6) is 0. The van der Waals surface area contributed by atoms with Gasteiger partial charge in [0.15, 0.2) is 0 Å². The van der Waals surface area contributed by atoms with Gasteiger partial charge in [-0.3, -0.25) is 9.80 Å². The van der Waals surface area contributed by atoms with Crippen LogP contribution in [-0.2, 0) is 0 Å². The zero-order valence-electron chi connectivity index (χ0n) is 11.1. The molecule has 2 aliphatic heterocycles. The van der Waals surface area contributed by atoms with Crippen molar-refractivity contribution in [1.29, 1.82) is 0 Å². The van der Waals surface area contributed by atoms with Crippen LogP contribution in [0, 0.1) is 0 Å². The van der Waals surface area contributed by atoms with Gasteiger partial charge in [-0.15, -0.1) is 0 Å². The van der Waals surface area contributed by atoms with Crippen molar-refractivity contribution in [2.75, 3.05) is 59.0 Å². The topological polar surface area (TPSA) is 30.0 Å². The first-order chi connectivity index (χ1) is 8.33. The van der Waals surface area contributed by atoms with Crippen molar-refractivity contribution in [2.24, 2.45) is 0 Å². The fourth-order valence-electron chi connectivity index (χ4n) is 3.12. The van der Waals surface area contributed by atoms with Crippen LogP contribution in [0.15, 0.2) is 0 Å². The molecule has 0 aromatic heterocycles. The molecule has 2 saturated heterocycles. The van der Waals surface area contributed by atoms with Crippen molar-refractivity contribution >= 4 is 0 Å². The number of rotatable bonds is 4. The van der Waals surface area contributed by atoms with Gasteiger partial charge in [-0.25, -0.2) is 0 Å². The summed E-state index contributed by atoms with van der Waals surface area (Å²) < 4.78 is 0. The van der Waals surface area contributed by atoms with E-state index in [2.05, 4.69) is 21.6 Å². The molecule has 2 rings (SSSR count). The number of aliphatic hydroxyl groups excluding tert-OH is 1. The fraction of sp³-hybridized carbons (Fsp3) is 1.00. The zero-order chi connectivity index (χ0) is 12.1. The van der Waals surface area contributed by atoms with Crippen molar-refractivity contribution in [3.8, 4) is 0 Å². The van der Waals surface area contributed by atoms with Crippen LogP contribution in [0.1, 0.15) is 19.8 Å². The largest absolute Gasteiger partial charge is 0.395 e. The molecule has 2 fully saturated rings.